The van der Waals surface area contributed by atoms with Crippen molar-refractivity contribution >= 4 is 11.3 Å². The molecule has 4 rings (SSSR count). The van der Waals surface area contributed by atoms with E-state index in [2.05, 4.69) is 33.5 Å². The molecule has 0 bridgehead atoms. The van der Waals surface area contributed by atoms with Crippen molar-refractivity contribution in [2.45, 2.75) is 31.4 Å². The number of aromatic nitrogens is 1. The predicted molar refractivity (Wildman–Crippen MR) is 84.4 cm³/mol. The number of nitrogens with zero attached hydrogens (tertiary/aromatic N) is 2. The molecule has 1 saturated heterocycles. The lowest BCUT2D eigenvalue weighted by molar-refractivity contribution is -0.0960. The Morgan fingerprint density at radius 3 is 2.81 bits per heavy atom. The van der Waals surface area contributed by atoms with Gasteiger partial charge in [0.05, 0.1) is 6.61 Å². The van der Waals surface area contributed by atoms with E-state index in [9.17, 15) is 0 Å². The molecule has 0 amide bonds. The molecule has 2 aliphatic heterocycles. The van der Waals surface area contributed by atoms with Crippen molar-refractivity contribution in [2.24, 2.45) is 0 Å². The summed E-state index contributed by atoms with van der Waals surface area (Å²) >= 11 is 1.88. The van der Waals surface area contributed by atoms with Crippen LogP contribution in [-0.4, -0.2) is 29.6 Å². The van der Waals surface area contributed by atoms with Gasteiger partial charge in [-0.15, -0.1) is 11.3 Å². The first-order chi connectivity index (χ1) is 10.4. The largest absolute Gasteiger partial charge is 0.369 e. The molecule has 1 fully saturated rings. The molecule has 0 atom stereocenters. The van der Waals surface area contributed by atoms with E-state index in [0.717, 1.165) is 45.5 Å². The normalized spacial score (nSPS) is 21.3. The van der Waals surface area contributed by atoms with Crippen LogP contribution in [-0.2, 0) is 23.3 Å². The molecule has 4 heterocycles. The van der Waals surface area contributed by atoms with E-state index in [1.165, 1.54) is 16.0 Å². The van der Waals surface area contributed by atoms with Gasteiger partial charge < -0.3 is 4.74 Å². The van der Waals surface area contributed by atoms with Gasteiger partial charge in [0.15, 0.2) is 0 Å². The topological polar surface area (TPSA) is 25.4 Å². The molecule has 0 radical (unpaired) electrons. The summed E-state index contributed by atoms with van der Waals surface area (Å²) in [6.07, 6.45) is 7.07. The Morgan fingerprint density at radius 1 is 1.19 bits per heavy atom. The van der Waals surface area contributed by atoms with Crippen molar-refractivity contribution in [3.63, 3.8) is 0 Å². The third-order valence-electron chi connectivity index (χ3n) is 4.73. The van der Waals surface area contributed by atoms with E-state index >= 15 is 0 Å². The van der Waals surface area contributed by atoms with Gasteiger partial charge in [0.2, 0.25) is 0 Å². The number of thiophene rings is 1. The number of hydrogen-bond acceptors (Lipinski definition) is 4. The van der Waals surface area contributed by atoms with Crippen molar-refractivity contribution in [1.82, 2.24) is 9.88 Å². The van der Waals surface area contributed by atoms with Crippen LogP contribution in [0.4, 0.5) is 0 Å². The van der Waals surface area contributed by atoms with Crippen molar-refractivity contribution in [3.05, 3.63) is 52.0 Å². The Hall–Kier alpha value is -1.23. The fourth-order valence-electron chi connectivity index (χ4n) is 3.54. The van der Waals surface area contributed by atoms with E-state index in [-0.39, 0.29) is 5.60 Å². The summed E-state index contributed by atoms with van der Waals surface area (Å²) in [7, 11) is 0. The van der Waals surface area contributed by atoms with E-state index in [1.54, 1.807) is 0 Å². The SMILES string of the molecule is c1cc(CN2CCC3(CC2)OCCc2ccsc23)ccn1. The monoisotopic (exact) mass is 300 g/mol. The van der Waals surface area contributed by atoms with E-state index in [0.29, 0.717) is 0 Å². The summed E-state index contributed by atoms with van der Waals surface area (Å²) in [4.78, 5) is 8.12. The second-order valence-electron chi connectivity index (χ2n) is 6.00. The van der Waals surface area contributed by atoms with E-state index in [4.69, 9.17) is 4.74 Å². The number of pyridine rings is 1. The summed E-state index contributed by atoms with van der Waals surface area (Å²) < 4.78 is 6.26. The molecule has 3 nitrogen and oxygen atoms in total. The zero-order chi connectivity index (χ0) is 14.1. The minimum atomic E-state index is 0.0104. The molecule has 0 aromatic carbocycles. The number of fused-ring (bicyclic) bond motifs is 2. The average Bonchev–Trinajstić information content (AvgIpc) is 3.01. The molecular weight excluding hydrogens is 280 g/mol. The van der Waals surface area contributed by atoms with Gasteiger partial charge in [-0.1, -0.05) is 0 Å². The smallest absolute Gasteiger partial charge is 0.105 e. The second kappa shape index (κ2) is 5.52. The maximum atomic E-state index is 6.26. The summed E-state index contributed by atoms with van der Waals surface area (Å²) in [5, 5.41) is 2.23. The Labute approximate surface area is 129 Å². The van der Waals surface area contributed by atoms with Gasteiger partial charge in [-0.2, -0.15) is 0 Å². The van der Waals surface area contributed by atoms with Crippen molar-refractivity contribution < 1.29 is 4.74 Å². The van der Waals surface area contributed by atoms with Crippen LogP contribution in [0.1, 0.15) is 28.8 Å². The Balaban J connectivity index is 1.46. The van der Waals surface area contributed by atoms with Crippen LogP contribution in [0.5, 0.6) is 0 Å². The molecule has 0 unspecified atom stereocenters. The summed E-state index contributed by atoms with van der Waals surface area (Å²) in [5.74, 6) is 0. The van der Waals surface area contributed by atoms with Crippen LogP contribution in [0.25, 0.3) is 0 Å². The molecule has 2 aliphatic rings. The number of piperidine rings is 1. The number of rotatable bonds is 2. The molecule has 21 heavy (non-hydrogen) atoms. The van der Waals surface area contributed by atoms with Gasteiger partial charge in [0.1, 0.15) is 5.60 Å². The highest BCUT2D eigenvalue weighted by molar-refractivity contribution is 7.10. The van der Waals surface area contributed by atoms with Gasteiger partial charge in [-0.3, -0.25) is 9.88 Å². The maximum Gasteiger partial charge on any atom is 0.105 e. The first kappa shape index (κ1) is 13.4. The van der Waals surface area contributed by atoms with Gasteiger partial charge in [0.25, 0.3) is 0 Å². The van der Waals surface area contributed by atoms with Crippen LogP contribution in [0.2, 0.25) is 0 Å². The zero-order valence-electron chi connectivity index (χ0n) is 12.1. The quantitative estimate of drug-likeness (QED) is 0.851. The first-order valence-electron chi connectivity index (χ1n) is 7.68. The molecule has 1 spiro atoms. The number of ether oxygens (including phenoxy) is 1. The molecule has 0 saturated carbocycles. The number of likely N-dealkylation sites (tertiary alicyclic amines) is 1. The maximum absolute atomic E-state index is 6.26. The molecule has 0 N–H and O–H groups in total. The lowest BCUT2D eigenvalue weighted by Crippen LogP contribution is -2.45. The van der Waals surface area contributed by atoms with Gasteiger partial charge in [-0.25, -0.2) is 0 Å². The first-order valence-corrected chi connectivity index (χ1v) is 8.56. The Kier molecular flexibility index (Phi) is 3.53. The average molecular weight is 300 g/mol. The highest BCUT2D eigenvalue weighted by atomic mass is 32.1. The van der Waals surface area contributed by atoms with Gasteiger partial charge in [-0.05, 0) is 54.0 Å². The molecule has 4 heteroatoms. The van der Waals surface area contributed by atoms with Crippen molar-refractivity contribution in [3.8, 4) is 0 Å². The van der Waals surface area contributed by atoms with Crippen molar-refractivity contribution in [2.75, 3.05) is 19.7 Å². The molecule has 0 aliphatic carbocycles. The van der Waals surface area contributed by atoms with Crippen LogP contribution in [0.15, 0.2) is 36.0 Å². The molecular formula is C17H20N2OS. The minimum absolute atomic E-state index is 0.0104. The lowest BCUT2D eigenvalue weighted by atomic mass is 9.85. The summed E-state index contributed by atoms with van der Waals surface area (Å²) in [6, 6.07) is 6.51. The summed E-state index contributed by atoms with van der Waals surface area (Å²) in [5.41, 5.74) is 2.88. The van der Waals surface area contributed by atoms with Crippen LogP contribution < -0.4 is 0 Å². The van der Waals surface area contributed by atoms with Crippen LogP contribution in [0, 0.1) is 0 Å². The highest BCUT2D eigenvalue weighted by Gasteiger charge is 2.41. The van der Waals surface area contributed by atoms with Gasteiger partial charge in [0, 0.05) is 36.9 Å². The fourth-order valence-corrected chi connectivity index (χ4v) is 4.71. The third kappa shape index (κ3) is 2.52. The Morgan fingerprint density at radius 2 is 2.00 bits per heavy atom. The lowest BCUT2D eigenvalue weighted by Gasteiger charge is -2.43. The standard InChI is InChI=1S/C17H20N2OS/c1-7-18-8-2-14(1)13-19-9-5-17(6-10-19)16-15(3-11-20-17)4-12-21-16/h1-2,4,7-8,12H,3,5-6,9-11,13H2. The van der Waals surface area contributed by atoms with Crippen LogP contribution >= 0.6 is 11.3 Å². The van der Waals surface area contributed by atoms with Gasteiger partial charge >= 0.3 is 0 Å². The van der Waals surface area contributed by atoms with E-state index in [1.807, 2.05) is 23.7 Å². The van der Waals surface area contributed by atoms with Crippen LogP contribution in [0.3, 0.4) is 0 Å². The highest BCUT2D eigenvalue weighted by Crippen LogP contribution is 2.44. The molecule has 110 valence electrons. The summed E-state index contributed by atoms with van der Waals surface area (Å²) in [6.45, 7) is 4.13. The minimum Gasteiger partial charge on any atom is -0.369 e. The number of hydrogen-bond donors (Lipinski definition) is 0. The zero-order valence-corrected chi connectivity index (χ0v) is 12.9. The van der Waals surface area contributed by atoms with E-state index < -0.39 is 0 Å². The Bertz CT molecular complexity index is 602. The van der Waals surface area contributed by atoms with Crippen molar-refractivity contribution in [1.29, 1.82) is 0 Å². The predicted octanol–water partition coefficient (Wildman–Crippen LogP) is 3.21. The fraction of sp³-hybridized carbons (Fsp3) is 0.471. The third-order valence-corrected chi connectivity index (χ3v) is 5.87. The molecule has 2 aromatic rings. The second-order valence-corrected chi connectivity index (χ2v) is 6.92. The molecule has 2 aromatic heterocycles.